The number of carboxylic acids is 1. The monoisotopic (exact) mass is 453 g/mol. The highest BCUT2D eigenvalue weighted by Gasteiger charge is 2.32. The molecule has 10 N–H and O–H groups in total. The highest BCUT2D eigenvalue weighted by atomic mass is 16.4. The number of carbonyl (C=O) groups is 5. The normalized spacial score (nSPS) is 14.3. The maximum atomic E-state index is 12.8. The van der Waals surface area contributed by atoms with Crippen LogP contribution < -0.4 is 27.4 Å². The standard InChI is InChI=1S/C19H27N5O8/c1-9(25)16(19(31)32)24-18(30)13(7-14(21)27)23-17(29)12(22-15(28)8-20)6-10-2-4-11(26)5-3-10/h2-5,9,12-13,16,25-26H,6-8,20H2,1H3,(H2,21,27)(H,22,28)(H,23,29)(H,24,30)(H,31,32). The van der Waals surface area contributed by atoms with E-state index in [4.69, 9.17) is 16.6 Å². The summed E-state index contributed by atoms with van der Waals surface area (Å²) in [5, 5.41) is 34.7. The van der Waals surface area contributed by atoms with Gasteiger partial charge in [0.25, 0.3) is 0 Å². The Morgan fingerprint density at radius 2 is 1.53 bits per heavy atom. The Morgan fingerprint density at radius 1 is 0.969 bits per heavy atom. The van der Waals surface area contributed by atoms with E-state index in [2.05, 4.69) is 10.6 Å². The second-order valence-corrected chi connectivity index (χ2v) is 6.99. The molecule has 13 heteroatoms. The fourth-order valence-electron chi connectivity index (χ4n) is 2.66. The SMILES string of the molecule is CC(O)C(NC(=O)C(CC(N)=O)NC(=O)C(Cc1ccc(O)cc1)NC(=O)CN)C(=O)O. The smallest absolute Gasteiger partial charge is 0.328 e. The van der Waals surface area contributed by atoms with E-state index in [-0.39, 0.29) is 12.2 Å². The van der Waals surface area contributed by atoms with Gasteiger partial charge in [-0.15, -0.1) is 0 Å². The molecule has 0 aliphatic heterocycles. The van der Waals surface area contributed by atoms with Crippen LogP contribution >= 0.6 is 0 Å². The van der Waals surface area contributed by atoms with Crippen molar-refractivity contribution in [2.24, 2.45) is 11.5 Å². The zero-order valence-corrected chi connectivity index (χ0v) is 17.3. The van der Waals surface area contributed by atoms with Crippen molar-refractivity contribution in [2.45, 2.75) is 44.0 Å². The van der Waals surface area contributed by atoms with Crippen molar-refractivity contribution in [1.82, 2.24) is 16.0 Å². The molecule has 0 aromatic heterocycles. The van der Waals surface area contributed by atoms with Crippen LogP contribution in [-0.4, -0.2) is 75.7 Å². The molecule has 32 heavy (non-hydrogen) atoms. The van der Waals surface area contributed by atoms with Crippen LogP contribution in [-0.2, 0) is 30.4 Å². The van der Waals surface area contributed by atoms with Crippen LogP contribution in [0.1, 0.15) is 18.9 Å². The number of carboxylic acid groups (broad SMARTS) is 1. The third-order valence-corrected chi connectivity index (χ3v) is 4.30. The summed E-state index contributed by atoms with van der Waals surface area (Å²) in [6.07, 6.45) is -2.18. The summed E-state index contributed by atoms with van der Waals surface area (Å²) in [7, 11) is 0. The number of hydrogen-bond acceptors (Lipinski definition) is 8. The Labute approximate surface area is 183 Å². The molecule has 1 aromatic rings. The van der Waals surface area contributed by atoms with Crippen molar-refractivity contribution < 1.29 is 39.3 Å². The summed E-state index contributed by atoms with van der Waals surface area (Å²) in [5.41, 5.74) is 11.0. The van der Waals surface area contributed by atoms with Gasteiger partial charge in [0.15, 0.2) is 6.04 Å². The lowest BCUT2D eigenvalue weighted by Crippen LogP contribution is -2.58. The van der Waals surface area contributed by atoms with Crippen molar-refractivity contribution in [3.05, 3.63) is 29.8 Å². The van der Waals surface area contributed by atoms with Gasteiger partial charge in [0.2, 0.25) is 23.6 Å². The summed E-state index contributed by atoms with van der Waals surface area (Å²) in [4.78, 5) is 59.6. The van der Waals surface area contributed by atoms with Crippen molar-refractivity contribution >= 4 is 29.6 Å². The van der Waals surface area contributed by atoms with E-state index in [1.54, 1.807) is 0 Å². The predicted octanol–water partition coefficient (Wildman–Crippen LogP) is -3.31. The van der Waals surface area contributed by atoms with E-state index in [1.807, 2.05) is 5.32 Å². The molecule has 0 saturated heterocycles. The third-order valence-electron chi connectivity index (χ3n) is 4.30. The van der Waals surface area contributed by atoms with Crippen LogP contribution in [0, 0.1) is 0 Å². The molecule has 0 saturated carbocycles. The van der Waals surface area contributed by atoms with Crippen LogP contribution in [0.3, 0.4) is 0 Å². The Balaban J connectivity index is 3.06. The van der Waals surface area contributed by atoms with Crippen molar-refractivity contribution in [2.75, 3.05) is 6.54 Å². The summed E-state index contributed by atoms with van der Waals surface area (Å²) >= 11 is 0. The van der Waals surface area contributed by atoms with Gasteiger partial charge in [-0.1, -0.05) is 12.1 Å². The molecule has 176 valence electrons. The van der Waals surface area contributed by atoms with E-state index >= 15 is 0 Å². The molecule has 4 atom stereocenters. The Kier molecular flexibility index (Phi) is 10.1. The van der Waals surface area contributed by atoms with Gasteiger partial charge in [-0.3, -0.25) is 19.2 Å². The van der Waals surface area contributed by atoms with Gasteiger partial charge in [-0.2, -0.15) is 0 Å². The molecular weight excluding hydrogens is 426 g/mol. The number of nitrogens with two attached hydrogens (primary N) is 2. The first kappa shape index (κ1) is 26.3. The van der Waals surface area contributed by atoms with Gasteiger partial charge >= 0.3 is 5.97 Å². The summed E-state index contributed by atoms with van der Waals surface area (Å²) in [5.74, 6) is -5.11. The number of aliphatic carboxylic acids is 1. The Hall–Kier alpha value is -3.71. The molecule has 1 aromatic carbocycles. The van der Waals surface area contributed by atoms with Crippen molar-refractivity contribution in [3.63, 3.8) is 0 Å². The number of phenols is 1. The minimum absolute atomic E-state index is 0.00923. The fraction of sp³-hybridized carbons (Fsp3) is 0.421. The van der Waals surface area contributed by atoms with Crippen LogP contribution in [0.25, 0.3) is 0 Å². The first-order valence-corrected chi connectivity index (χ1v) is 9.51. The lowest BCUT2D eigenvalue weighted by molar-refractivity contribution is -0.145. The lowest BCUT2D eigenvalue weighted by atomic mass is 10.0. The Bertz CT molecular complexity index is 843. The molecule has 1 rings (SSSR count). The molecule has 0 heterocycles. The van der Waals surface area contributed by atoms with Gasteiger partial charge < -0.3 is 42.7 Å². The average molecular weight is 453 g/mol. The predicted molar refractivity (Wildman–Crippen MR) is 110 cm³/mol. The number of carbonyl (C=O) groups excluding carboxylic acids is 4. The number of aliphatic hydroxyl groups excluding tert-OH is 1. The van der Waals surface area contributed by atoms with Gasteiger partial charge in [0.1, 0.15) is 17.8 Å². The lowest BCUT2D eigenvalue weighted by Gasteiger charge is -2.24. The molecule has 0 radical (unpaired) electrons. The maximum absolute atomic E-state index is 12.8. The van der Waals surface area contributed by atoms with Crippen molar-refractivity contribution in [3.8, 4) is 5.75 Å². The maximum Gasteiger partial charge on any atom is 0.328 e. The molecular formula is C19H27N5O8. The number of rotatable bonds is 12. The third kappa shape index (κ3) is 8.57. The van der Waals surface area contributed by atoms with Crippen molar-refractivity contribution in [1.29, 1.82) is 0 Å². The topological polar surface area (TPSA) is 234 Å². The molecule has 0 spiro atoms. The number of hydrogen-bond donors (Lipinski definition) is 8. The molecule has 0 bridgehead atoms. The fourth-order valence-corrected chi connectivity index (χ4v) is 2.66. The number of primary amides is 1. The number of amides is 4. The number of benzene rings is 1. The number of nitrogens with one attached hydrogen (secondary N) is 3. The first-order valence-electron chi connectivity index (χ1n) is 9.51. The van der Waals surface area contributed by atoms with E-state index in [9.17, 15) is 34.2 Å². The van der Waals surface area contributed by atoms with Crippen LogP contribution in [0.4, 0.5) is 0 Å². The number of aromatic hydroxyl groups is 1. The number of phenolic OH excluding ortho intramolecular Hbond substituents is 1. The first-order chi connectivity index (χ1) is 14.9. The van der Waals surface area contributed by atoms with Gasteiger partial charge in [-0.25, -0.2) is 4.79 Å². The quantitative estimate of drug-likeness (QED) is 0.158. The molecule has 4 unspecified atom stereocenters. The highest BCUT2D eigenvalue weighted by molar-refractivity contribution is 5.96. The zero-order valence-electron chi connectivity index (χ0n) is 17.3. The number of aliphatic hydroxyl groups is 1. The molecule has 0 fully saturated rings. The summed E-state index contributed by atoms with van der Waals surface area (Å²) in [6, 6.07) is 1.29. The largest absolute Gasteiger partial charge is 0.508 e. The van der Waals surface area contributed by atoms with Crippen LogP contribution in [0.2, 0.25) is 0 Å². The van der Waals surface area contributed by atoms with E-state index in [0.29, 0.717) is 5.56 Å². The average Bonchev–Trinajstić information content (AvgIpc) is 2.71. The summed E-state index contributed by atoms with van der Waals surface area (Å²) < 4.78 is 0. The minimum atomic E-state index is -1.69. The molecule has 4 amide bonds. The molecule has 13 nitrogen and oxygen atoms in total. The van der Waals surface area contributed by atoms with Gasteiger partial charge in [0.05, 0.1) is 19.1 Å². The second kappa shape index (κ2) is 12.2. The molecule has 0 aliphatic rings. The second-order valence-electron chi connectivity index (χ2n) is 6.99. The highest BCUT2D eigenvalue weighted by Crippen LogP contribution is 2.12. The minimum Gasteiger partial charge on any atom is -0.508 e. The molecule has 0 aliphatic carbocycles. The zero-order chi connectivity index (χ0) is 24.4. The van der Waals surface area contributed by atoms with Crippen LogP contribution in [0.15, 0.2) is 24.3 Å². The van der Waals surface area contributed by atoms with E-state index in [1.165, 1.54) is 24.3 Å². The van der Waals surface area contributed by atoms with Crippen LogP contribution in [0.5, 0.6) is 5.75 Å². The Morgan fingerprint density at radius 3 is 2.00 bits per heavy atom. The van der Waals surface area contributed by atoms with E-state index < -0.39 is 66.8 Å². The van der Waals surface area contributed by atoms with Gasteiger partial charge in [0, 0.05) is 6.42 Å². The summed E-state index contributed by atoms with van der Waals surface area (Å²) in [6.45, 7) is 0.718. The van der Waals surface area contributed by atoms with Gasteiger partial charge in [-0.05, 0) is 24.6 Å². The van der Waals surface area contributed by atoms with E-state index in [0.717, 1.165) is 6.92 Å².